The molecule has 1 aromatic heterocycles. The summed E-state index contributed by atoms with van der Waals surface area (Å²) in [5.41, 5.74) is 0.347. The zero-order chi connectivity index (χ0) is 9.35. The lowest BCUT2D eigenvalue weighted by molar-refractivity contribution is 0.467. The SMILES string of the molecule is Cc1ccc(S(=O)(=O)O)c(F)n1. The molecule has 66 valence electrons. The third-order valence-corrected chi connectivity index (χ3v) is 2.09. The summed E-state index contributed by atoms with van der Waals surface area (Å²) in [6, 6.07) is 2.26. The van der Waals surface area contributed by atoms with E-state index in [1.54, 1.807) is 0 Å². The van der Waals surface area contributed by atoms with E-state index in [0.717, 1.165) is 6.07 Å². The second-order valence-electron chi connectivity index (χ2n) is 2.22. The number of hydrogen-bond acceptors (Lipinski definition) is 3. The molecule has 0 fully saturated rings. The van der Waals surface area contributed by atoms with Gasteiger partial charge in [0.15, 0.2) is 0 Å². The van der Waals surface area contributed by atoms with E-state index in [-0.39, 0.29) is 0 Å². The number of aromatic nitrogens is 1. The van der Waals surface area contributed by atoms with Gasteiger partial charge in [0.05, 0.1) is 0 Å². The number of aryl methyl sites for hydroxylation is 1. The molecule has 0 amide bonds. The van der Waals surface area contributed by atoms with E-state index in [4.69, 9.17) is 4.55 Å². The Labute approximate surface area is 68.8 Å². The van der Waals surface area contributed by atoms with E-state index in [2.05, 4.69) is 4.98 Å². The highest BCUT2D eigenvalue weighted by molar-refractivity contribution is 7.85. The molecule has 0 atom stereocenters. The largest absolute Gasteiger partial charge is 0.299 e. The third kappa shape index (κ3) is 1.77. The Morgan fingerprint density at radius 3 is 2.50 bits per heavy atom. The number of hydrogen-bond donors (Lipinski definition) is 1. The van der Waals surface area contributed by atoms with E-state index in [1.165, 1.54) is 13.0 Å². The minimum Gasteiger partial charge on any atom is -0.282 e. The molecule has 0 aliphatic carbocycles. The molecule has 4 nitrogen and oxygen atoms in total. The molecule has 1 aromatic rings. The molecule has 0 unspecified atom stereocenters. The molecular formula is C6H6FNO3S. The normalized spacial score (nSPS) is 11.6. The van der Waals surface area contributed by atoms with Crippen LogP contribution in [0.5, 0.6) is 0 Å². The predicted octanol–water partition coefficient (Wildman–Crippen LogP) is 0.776. The summed E-state index contributed by atoms with van der Waals surface area (Å²) < 4.78 is 42.0. The fourth-order valence-electron chi connectivity index (χ4n) is 0.705. The lowest BCUT2D eigenvalue weighted by atomic mass is 10.4. The summed E-state index contributed by atoms with van der Waals surface area (Å²) in [7, 11) is -4.49. The van der Waals surface area contributed by atoms with Crippen molar-refractivity contribution in [2.75, 3.05) is 0 Å². The Morgan fingerprint density at radius 1 is 1.50 bits per heavy atom. The lowest BCUT2D eigenvalue weighted by Gasteiger charge is -1.98. The standard InChI is InChI=1S/C6H6FNO3S/c1-4-2-3-5(6(7)8-4)12(9,10)11/h2-3H,1H3,(H,9,10,11). The lowest BCUT2D eigenvalue weighted by Crippen LogP contribution is -2.03. The summed E-state index contributed by atoms with van der Waals surface area (Å²) in [5, 5.41) is 0. The van der Waals surface area contributed by atoms with Gasteiger partial charge in [-0.3, -0.25) is 4.55 Å². The molecule has 0 spiro atoms. The topological polar surface area (TPSA) is 67.3 Å². The smallest absolute Gasteiger partial charge is 0.282 e. The van der Waals surface area contributed by atoms with Crippen molar-refractivity contribution in [3.63, 3.8) is 0 Å². The molecule has 1 rings (SSSR count). The number of nitrogens with zero attached hydrogens (tertiary/aromatic N) is 1. The van der Waals surface area contributed by atoms with Crippen LogP contribution in [0.2, 0.25) is 0 Å². The van der Waals surface area contributed by atoms with Gasteiger partial charge in [-0.1, -0.05) is 0 Å². The summed E-state index contributed by atoms with van der Waals surface area (Å²) >= 11 is 0. The maximum absolute atomic E-state index is 12.7. The van der Waals surface area contributed by atoms with Gasteiger partial charge in [0, 0.05) is 5.69 Å². The molecule has 0 aliphatic rings. The third-order valence-electron chi connectivity index (χ3n) is 1.23. The monoisotopic (exact) mass is 191 g/mol. The number of rotatable bonds is 1. The van der Waals surface area contributed by atoms with E-state index in [1.807, 2.05) is 0 Å². The van der Waals surface area contributed by atoms with Crippen molar-refractivity contribution in [3.8, 4) is 0 Å². The first-order chi connectivity index (χ1) is 5.41. The Balaban J connectivity index is 3.39. The number of pyridine rings is 1. The fourth-order valence-corrected chi connectivity index (χ4v) is 1.20. The van der Waals surface area contributed by atoms with Crippen LogP contribution < -0.4 is 0 Å². The van der Waals surface area contributed by atoms with Gasteiger partial charge in [-0.05, 0) is 19.1 Å². The van der Waals surface area contributed by atoms with Crippen LogP contribution in [-0.2, 0) is 10.1 Å². The highest BCUT2D eigenvalue weighted by Gasteiger charge is 2.16. The van der Waals surface area contributed by atoms with Crippen LogP contribution in [0.15, 0.2) is 17.0 Å². The van der Waals surface area contributed by atoms with Crippen LogP contribution >= 0.6 is 0 Å². The van der Waals surface area contributed by atoms with Crippen molar-refractivity contribution in [3.05, 3.63) is 23.8 Å². The maximum Gasteiger partial charge on any atom is 0.299 e. The second-order valence-corrected chi connectivity index (χ2v) is 3.61. The summed E-state index contributed by atoms with van der Waals surface area (Å²) in [6.07, 6.45) is 0. The van der Waals surface area contributed by atoms with Gasteiger partial charge in [-0.2, -0.15) is 12.8 Å². The van der Waals surface area contributed by atoms with E-state index < -0.39 is 21.0 Å². The van der Waals surface area contributed by atoms with Crippen molar-refractivity contribution in [2.24, 2.45) is 0 Å². The van der Waals surface area contributed by atoms with Crippen LogP contribution in [0.1, 0.15) is 5.69 Å². The Bertz CT molecular complexity index is 401. The number of halogens is 1. The molecular weight excluding hydrogens is 185 g/mol. The first kappa shape index (κ1) is 9.08. The molecule has 1 heterocycles. The molecule has 1 N–H and O–H groups in total. The van der Waals surface area contributed by atoms with Gasteiger partial charge in [-0.25, -0.2) is 4.98 Å². The van der Waals surface area contributed by atoms with Crippen LogP contribution in [0.4, 0.5) is 4.39 Å². The quantitative estimate of drug-likeness (QED) is 0.526. The average Bonchev–Trinajstić information content (AvgIpc) is 1.83. The van der Waals surface area contributed by atoms with Gasteiger partial charge < -0.3 is 0 Å². The first-order valence-corrected chi connectivity index (χ1v) is 4.46. The molecule has 0 aromatic carbocycles. The van der Waals surface area contributed by atoms with Crippen molar-refractivity contribution < 1.29 is 17.4 Å². The minimum atomic E-state index is -4.49. The molecule has 0 bridgehead atoms. The Hall–Kier alpha value is -1.01. The minimum absolute atomic E-state index is 0.347. The highest BCUT2D eigenvalue weighted by Crippen LogP contribution is 2.11. The van der Waals surface area contributed by atoms with Gasteiger partial charge >= 0.3 is 0 Å². The van der Waals surface area contributed by atoms with Crippen LogP contribution in [-0.4, -0.2) is 18.0 Å². The molecule has 0 radical (unpaired) electrons. The van der Waals surface area contributed by atoms with Gasteiger partial charge in [-0.15, -0.1) is 0 Å². The van der Waals surface area contributed by atoms with Gasteiger partial charge in [0.25, 0.3) is 10.1 Å². The zero-order valence-corrected chi connectivity index (χ0v) is 6.97. The van der Waals surface area contributed by atoms with Gasteiger partial charge in [0.1, 0.15) is 4.90 Å². The van der Waals surface area contributed by atoms with Crippen molar-refractivity contribution in [1.82, 2.24) is 4.98 Å². The summed E-state index contributed by atoms with van der Waals surface area (Å²) in [6.45, 7) is 1.51. The summed E-state index contributed by atoms with van der Waals surface area (Å²) in [5.74, 6) is -1.18. The highest BCUT2D eigenvalue weighted by atomic mass is 32.2. The van der Waals surface area contributed by atoms with Crippen LogP contribution in [0, 0.1) is 12.9 Å². The first-order valence-electron chi connectivity index (χ1n) is 3.02. The fraction of sp³-hybridized carbons (Fsp3) is 0.167. The van der Waals surface area contributed by atoms with Crippen LogP contribution in [0.3, 0.4) is 0 Å². The van der Waals surface area contributed by atoms with E-state index in [9.17, 15) is 12.8 Å². The van der Waals surface area contributed by atoms with Crippen molar-refractivity contribution in [2.45, 2.75) is 11.8 Å². The maximum atomic E-state index is 12.7. The average molecular weight is 191 g/mol. The predicted molar refractivity (Wildman–Crippen MR) is 38.7 cm³/mol. The van der Waals surface area contributed by atoms with Crippen molar-refractivity contribution in [1.29, 1.82) is 0 Å². The Morgan fingerprint density at radius 2 is 2.08 bits per heavy atom. The Kier molecular flexibility index (Phi) is 2.12. The molecule has 0 saturated heterocycles. The molecule has 6 heteroatoms. The molecule has 0 aliphatic heterocycles. The van der Waals surface area contributed by atoms with Crippen molar-refractivity contribution >= 4 is 10.1 Å². The zero-order valence-electron chi connectivity index (χ0n) is 6.15. The summed E-state index contributed by atoms with van der Waals surface area (Å²) in [4.78, 5) is 2.44. The van der Waals surface area contributed by atoms with Crippen LogP contribution in [0.25, 0.3) is 0 Å². The van der Waals surface area contributed by atoms with E-state index in [0.29, 0.717) is 5.69 Å². The van der Waals surface area contributed by atoms with Gasteiger partial charge in [0.2, 0.25) is 5.95 Å². The second kappa shape index (κ2) is 2.80. The molecule has 0 saturated carbocycles. The molecule has 12 heavy (non-hydrogen) atoms. The van der Waals surface area contributed by atoms with E-state index >= 15 is 0 Å².